The third kappa shape index (κ3) is 3.01. The van der Waals surface area contributed by atoms with Crippen LogP contribution in [0.1, 0.15) is 31.9 Å². The maximum Gasteiger partial charge on any atom is 0.123 e. The molecule has 108 valence electrons. The van der Waals surface area contributed by atoms with E-state index >= 15 is 0 Å². The Balaban J connectivity index is 3.26. The fourth-order valence-corrected chi connectivity index (χ4v) is 2.23. The Morgan fingerprint density at radius 2 is 1.89 bits per heavy atom. The zero-order valence-corrected chi connectivity index (χ0v) is 12.9. The van der Waals surface area contributed by atoms with Crippen LogP contribution in [0.5, 0.6) is 11.5 Å². The van der Waals surface area contributed by atoms with Gasteiger partial charge in [-0.15, -0.1) is 0 Å². The van der Waals surface area contributed by atoms with Crippen molar-refractivity contribution in [1.82, 2.24) is 4.90 Å². The smallest absolute Gasteiger partial charge is 0.123 e. The molecule has 4 nitrogen and oxygen atoms in total. The number of ether oxygens (including phenoxy) is 2. The first-order valence-corrected chi connectivity index (χ1v) is 6.55. The number of rotatable bonds is 6. The Labute approximate surface area is 116 Å². The van der Waals surface area contributed by atoms with Crippen LogP contribution in [0.25, 0.3) is 0 Å². The van der Waals surface area contributed by atoms with E-state index in [1.54, 1.807) is 14.2 Å². The van der Waals surface area contributed by atoms with Crippen molar-refractivity contribution in [2.24, 2.45) is 5.73 Å². The molecule has 0 amide bonds. The summed E-state index contributed by atoms with van der Waals surface area (Å²) >= 11 is 0. The average Bonchev–Trinajstić information content (AvgIpc) is 2.44. The highest BCUT2D eigenvalue weighted by atomic mass is 16.5. The highest BCUT2D eigenvalue weighted by molar-refractivity contribution is 5.43. The van der Waals surface area contributed by atoms with E-state index in [0.29, 0.717) is 0 Å². The fourth-order valence-electron chi connectivity index (χ4n) is 2.23. The first-order valence-electron chi connectivity index (χ1n) is 6.55. The van der Waals surface area contributed by atoms with Gasteiger partial charge in [0.1, 0.15) is 11.5 Å². The van der Waals surface area contributed by atoms with Crippen molar-refractivity contribution >= 4 is 0 Å². The molecule has 0 spiro atoms. The molecule has 0 saturated heterocycles. The summed E-state index contributed by atoms with van der Waals surface area (Å²) in [5.74, 6) is 1.60. The van der Waals surface area contributed by atoms with E-state index in [1.807, 2.05) is 18.2 Å². The summed E-state index contributed by atoms with van der Waals surface area (Å²) in [6, 6.07) is 5.59. The van der Waals surface area contributed by atoms with Crippen LogP contribution in [0.2, 0.25) is 0 Å². The lowest BCUT2D eigenvalue weighted by Crippen LogP contribution is -2.49. The second-order valence-electron chi connectivity index (χ2n) is 5.19. The molecule has 1 aromatic rings. The van der Waals surface area contributed by atoms with Gasteiger partial charge in [-0.2, -0.15) is 0 Å². The summed E-state index contributed by atoms with van der Waals surface area (Å²) in [7, 11) is 7.42. The number of likely N-dealkylation sites (N-methyl/N-ethyl adjacent to an activating group) is 1. The summed E-state index contributed by atoms with van der Waals surface area (Å²) in [6.07, 6.45) is 0.946. The van der Waals surface area contributed by atoms with E-state index in [0.717, 1.165) is 23.5 Å². The van der Waals surface area contributed by atoms with E-state index < -0.39 is 0 Å². The molecule has 0 saturated carbocycles. The Bertz CT molecular complexity index is 421. The van der Waals surface area contributed by atoms with Crippen molar-refractivity contribution in [3.8, 4) is 11.5 Å². The van der Waals surface area contributed by atoms with Crippen molar-refractivity contribution in [2.45, 2.75) is 31.8 Å². The van der Waals surface area contributed by atoms with Gasteiger partial charge in [0.15, 0.2) is 0 Å². The third-order valence-corrected chi connectivity index (χ3v) is 4.18. The van der Waals surface area contributed by atoms with Crippen molar-refractivity contribution < 1.29 is 9.47 Å². The zero-order valence-electron chi connectivity index (χ0n) is 12.9. The molecule has 1 rings (SSSR count). The lowest BCUT2D eigenvalue weighted by molar-refractivity contribution is 0.130. The SMILES string of the molecule is CCC(C)(C(N)c1cc(OC)ccc1OC)N(C)C. The van der Waals surface area contributed by atoms with E-state index in [1.165, 1.54) is 0 Å². The van der Waals surface area contributed by atoms with E-state index in [9.17, 15) is 0 Å². The lowest BCUT2D eigenvalue weighted by atomic mass is 9.83. The number of nitrogens with zero attached hydrogens (tertiary/aromatic N) is 1. The topological polar surface area (TPSA) is 47.7 Å². The van der Waals surface area contributed by atoms with Gasteiger partial charge in [0.25, 0.3) is 0 Å². The minimum absolute atomic E-state index is 0.139. The molecule has 2 atom stereocenters. The monoisotopic (exact) mass is 266 g/mol. The normalized spacial score (nSPS) is 16.0. The summed E-state index contributed by atoms with van der Waals surface area (Å²) in [6.45, 7) is 4.31. The standard InChI is InChI=1S/C15H26N2O2/c1-7-15(2,17(3)4)14(16)12-10-11(18-5)8-9-13(12)19-6/h8-10,14H,7,16H2,1-6H3. The van der Waals surface area contributed by atoms with E-state index in [4.69, 9.17) is 15.2 Å². The number of nitrogens with two attached hydrogens (primary N) is 1. The van der Waals surface area contributed by atoms with Crippen molar-refractivity contribution in [3.63, 3.8) is 0 Å². The van der Waals surface area contributed by atoms with Crippen molar-refractivity contribution in [3.05, 3.63) is 23.8 Å². The molecular weight excluding hydrogens is 240 g/mol. The minimum Gasteiger partial charge on any atom is -0.497 e. The largest absolute Gasteiger partial charge is 0.497 e. The Morgan fingerprint density at radius 1 is 1.26 bits per heavy atom. The quantitative estimate of drug-likeness (QED) is 0.859. The zero-order chi connectivity index (χ0) is 14.6. The van der Waals surface area contributed by atoms with Crippen LogP contribution in [-0.2, 0) is 0 Å². The molecule has 4 heteroatoms. The number of hydrogen-bond donors (Lipinski definition) is 1. The van der Waals surface area contributed by atoms with Crippen molar-refractivity contribution in [2.75, 3.05) is 28.3 Å². The third-order valence-electron chi connectivity index (χ3n) is 4.18. The van der Waals surface area contributed by atoms with Crippen molar-refractivity contribution in [1.29, 1.82) is 0 Å². The van der Waals surface area contributed by atoms with Crippen LogP contribution in [0.3, 0.4) is 0 Å². The summed E-state index contributed by atoms with van der Waals surface area (Å²) in [5, 5.41) is 0. The van der Waals surface area contributed by atoms with Crippen LogP contribution in [0.15, 0.2) is 18.2 Å². The van der Waals surface area contributed by atoms with Gasteiger partial charge in [-0.1, -0.05) is 6.92 Å². The minimum atomic E-state index is -0.155. The molecule has 1 aromatic carbocycles. The molecular formula is C15H26N2O2. The maximum absolute atomic E-state index is 6.51. The molecule has 0 aliphatic heterocycles. The molecule has 0 aromatic heterocycles. The Kier molecular flexibility index (Phi) is 5.20. The average molecular weight is 266 g/mol. The van der Waals surface area contributed by atoms with Gasteiger partial charge >= 0.3 is 0 Å². The van der Waals surface area contributed by atoms with Gasteiger partial charge in [-0.3, -0.25) is 0 Å². The van der Waals surface area contributed by atoms with Gasteiger partial charge in [-0.05, 0) is 45.6 Å². The van der Waals surface area contributed by atoms with Gasteiger partial charge in [0.2, 0.25) is 0 Å². The van der Waals surface area contributed by atoms with E-state index in [-0.39, 0.29) is 11.6 Å². The fraction of sp³-hybridized carbons (Fsp3) is 0.600. The van der Waals surface area contributed by atoms with Crippen LogP contribution < -0.4 is 15.2 Å². The first kappa shape index (κ1) is 15.8. The molecule has 19 heavy (non-hydrogen) atoms. The first-order chi connectivity index (χ1) is 8.90. The number of benzene rings is 1. The highest BCUT2D eigenvalue weighted by Crippen LogP contribution is 2.37. The molecule has 2 N–H and O–H groups in total. The predicted molar refractivity (Wildman–Crippen MR) is 78.9 cm³/mol. The van der Waals surface area contributed by atoms with E-state index in [2.05, 4.69) is 32.8 Å². The van der Waals surface area contributed by atoms with Crippen LogP contribution >= 0.6 is 0 Å². The molecule has 0 aliphatic rings. The molecule has 0 aliphatic carbocycles. The molecule has 0 radical (unpaired) electrons. The molecule has 2 unspecified atom stereocenters. The second kappa shape index (κ2) is 6.26. The van der Waals surface area contributed by atoms with Gasteiger partial charge in [0.05, 0.1) is 20.3 Å². The summed E-state index contributed by atoms with van der Waals surface area (Å²) in [5.41, 5.74) is 7.34. The predicted octanol–water partition coefficient (Wildman–Crippen LogP) is 2.43. The van der Waals surface area contributed by atoms with Gasteiger partial charge in [0, 0.05) is 11.1 Å². The van der Waals surface area contributed by atoms with Gasteiger partial charge < -0.3 is 20.1 Å². The maximum atomic E-state index is 6.51. The highest BCUT2D eigenvalue weighted by Gasteiger charge is 2.35. The molecule has 0 heterocycles. The molecule has 0 fully saturated rings. The van der Waals surface area contributed by atoms with Crippen LogP contribution in [-0.4, -0.2) is 38.8 Å². The van der Waals surface area contributed by atoms with Crippen LogP contribution in [0, 0.1) is 0 Å². The summed E-state index contributed by atoms with van der Waals surface area (Å²) in [4.78, 5) is 2.16. The molecule has 0 bridgehead atoms. The number of hydrogen-bond acceptors (Lipinski definition) is 4. The lowest BCUT2D eigenvalue weighted by Gasteiger charge is -2.41. The van der Waals surface area contributed by atoms with Gasteiger partial charge in [-0.25, -0.2) is 0 Å². The van der Waals surface area contributed by atoms with Crippen LogP contribution in [0.4, 0.5) is 0 Å². The number of methoxy groups -OCH3 is 2. The Hall–Kier alpha value is -1.26. The summed E-state index contributed by atoms with van der Waals surface area (Å²) < 4.78 is 10.7. The Morgan fingerprint density at radius 3 is 2.32 bits per heavy atom. The second-order valence-corrected chi connectivity index (χ2v) is 5.19.